The number of rotatable bonds is 6. The minimum atomic E-state index is -0.784. The second kappa shape index (κ2) is 9.47. The number of aliphatic hydroxyl groups excluding tert-OH is 1. The fraction of sp³-hybridized carbons (Fsp3) is 0.174. The summed E-state index contributed by atoms with van der Waals surface area (Å²) in [6.07, 6.45) is 1.70. The van der Waals surface area contributed by atoms with E-state index < -0.39 is 5.92 Å². The van der Waals surface area contributed by atoms with E-state index in [-0.39, 0.29) is 18.0 Å². The van der Waals surface area contributed by atoms with Crippen LogP contribution in [0, 0.1) is 22.7 Å². The Bertz CT molecular complexity index is 1360. The molecule has 8 nitrogen and oxygen atoms in total. The van der Waals surface area contributed by atoms with Gasteiger partial charge in [0, 0.05) is 17.5 Å². The lowest BCUT2D eigenvalue weighted by molar-refractivity contribution is 0.322. The smallest absolute Gasteiger partial charge is 0.137 e. The molecule has 166 valence electrons. The number of fused-ring (bicyclic) bond motifs is 1. The third-order valence-electron chi connectivity index (χ3n) is 5.20. The summed E-state index contributed by atoms with van der Waals surface area (Å²) in [5, 5.41) is 33.3. The first-order valence-corrected chi connectivity index (χ1v) is 11.2. The molecule has 3 heterocycles. The molecule has 1 aliphatic heterocycles. The molecule has 0 fully saturated rings. The van der Waals surface area contributed by atoms with Gasteiger partial charge >= 0.3 is 0 Å². The number of halogens is 1. The number of aliphatic hydroxyl groups is 1. The van der Waals surface area contributed by atoms with E-state index in [1.165, 1.54) is 11.8 Å². The Morgan fingerprint density at radius 2 is 1.94 bits per heavy atom. The van der Waals surface area contributed by atoms with Crippen LogP contribution in [0.5, 0.6) is 5.75 Å². The number of benzene rings is 1. The molecule has 0 radical (unpaired) electrons. The summed E-state index contributed by atoms with van der Waals surface area (Å²) in [6, 6.07) is 15.3. The Morgan fingerprint density at radius 3 is 2.58 bits per heavy atom. The number of thioether (sulfide) groups is 1. The van der Waals surface area contributed by atoms with Gasteiger partial charge in [-0.1, -0.05) is 11.6 Å². The lowest BCUT2D eigenvalue weighted by Crippen LogP contribution is -2.30. The highest BCUT2D eigenvalue weighted by Gasteiger charge is 2.36. The minimum absolute atomic E-state index is 0.0731. The van der Waals surface area contributed by atoms with Crippen LogP contribution in [-0.4, -0.2) is 34.0 Å². The van der Waals surface area contributed by atoms with Gasteiger partial charge in [0.2, 0.25) is 0 Å². The average Bonchev–Trinajstić information content (AvgIpc) is 3.20. The van der Waals surface area contributed by atoms with E-state index in [1.807, 2.05) is 24.3 Å². The van der Waals surface area contributed by atoms with Crippen molar-refractivity contribution in [1.82, 2.24) is 14.7 Å². The molecule has 0 aliphatic carbocycles. The normalized spacial score (nSPS) is 15.8. The van der Waals surface area contributed by atoms with Crippen LogP contribution >= 0.6 is 23.4 Å². The van der Waals surface area contributed by atoms with E-state index in [1.54, 1.807) is 29.8 Å². The average molecular weight is 479 g/mol. The number of nitrogens with zero attached hydrogens (tertiary/aromatic N) is 4. The number of hydrogen-bond donors (Lipinski definition) is 3. The lowest BCUT2D eigenvalue weighted by Gasteiger charge is -2.27. The van der Waals surface area contributed by atoms with Gasteiger partial charge in [0.15, 0.2) is 0 Å². The standard InChI is InChI=1S/C23H19ClN6O2S/c1-32-15-5-2-13(3-6-15)20-21(30-12-14(24)4-7-18(30)28-20)19-16(10-25)22(27)29-23(17(19)11-26)33-9-8-31/h2-7,12,19,29,31H,8-9,27H2,1H3. The Morgan fingerprint density at radius 1 is 1.21 bits per heavy atom. The predicted molar refractivity (Wildman–Crippen MR) is 127 cm³/mol. The number of dihydropyridines is 1. The van der Waals surface area contributed by atoms with E-state index in [0.29, 0.717) is 44.2 Å². The van der Waals surface area contributed by atoms with Crippen molar-refractivity contribution >= 4 is 29.0 Å². The van der Waals surface area contributed by atoms with Crippen LogP contribution in [0.4, 0.5) is 0 Å². The van der Waals surface area contributed by atoms with E-state index in [9.17, 15) is 15.6 Å². The molecule has 1 aromatic carbocycles. The molecule has 4 rings (SSSR count). The zero-order chi connectivity index (χ0) is 23.5. The molecule has 0 bridgehead atoms. The monoisotopic (exact) mass is 478 g/mol. The highest BCUT2D eigenvalue weighted by Crippen LogP contribution is 2.43. The molecule has 0 spiro atoms. The third kappa shape index (κ3) is 4.10. The fourth-order valence-electron chi connectivity index (χ4n) is 3.74. The van der Waals surface area contributed by atoms with Crippen molar-refractivity contribution < 1.29 is 9.84 Å². The number of allylic oxidation sites excluding steroid dienone is 2. The third-order valence-corrected chi connectivity index (χ3v) is 6.42. The lowest BCUT2D eigenvalue weighted by atomic mass is 9.85. The second-order valence-corrected chi connectivity index (χ2v) is 8.62. The van der Waals surface area contributed by atoms with Crippen LogP contribution < -0.4 is 15.8 Å². The number of nitrogens with two attached hydrogens (primary N) is 1. The van der Waals surface area contributed by atoms with Crippen molar-refractivity contribution in [2.24, 2.45) is 5.73 Å². The fourth-order valence-corrected chi connectivity index (χ4v) is 4.69. The number of nitriles is 2. The summed E-state index contributed by atoms with van der Waals surface area (Å²) < 4.78 is 7.05. The van der Waals surface area contributed by atoms with Crippen molar-refractivity contribution in [3.05, 3.63) is 75.3 Å². The van der Waals surface area contributed by atoms with E-state index in [4.69, 9.17) is 27.1 Å². The Hall–Kier alpha value is -3.63. The largest absolute Gasteiger partial charge is 0.497 e. The molecule has 3 aromatic rings. The summed E-state index contributed by atoms with van der Waals surface area (Å²) in [5.74, 6) is 0.420. The van der Waals surface area contributed by atoms with Crippen molar-refractivity contribution in [3.8, 4) is 29.1 Å². The molecular formula is C23H19ClN6O2S. The topological polar surface area (TPSA) is 132 Å². The Labute approximate surface area is 199 Å². The highest BCUT2D eigenvalue weighted by molar-refractivity contribution is 8.03. The molecule has 1 unspecified atom stereocenters. The number of pyridine rings is 1. The summed E-state index contributed by atoms with van der Waals surface area (Å²) in [7, 11) is 1.59. The first-order valence-electron chi connectivity index (χ1n) is 9.89. The number of aromatic nitrogens is 2. The molecule has 1 atom stereocenters. The summed E-state index contributed by atoms with van der Waals surface area (Å²) >= 11 is 7.57. The molecular weight excluding hydrogens is 460 g/mol. The molecule has 4 N–H and O–H groups in total. The van der Waals surface area contributed by atoms with Crippen molar-refractivity contribution in [3.63, 3.8) is 0 Å². The van der Waals surface area contributed by atoms with Gasteiger partial charge in [0.25, 0.3) is 0 Å². The van der Waals surface area contributed by atoms with Crippen LogP contribution in [0.25, 0.3) is 16.9 Å². The van der Waals surface area contributed by atoms with Gasteiger partial charge in [-0.05, 0) is 36.4 Å². The van der Waals surface area contributed by atoms with Gasteiger partial charge in [0.1, 0.15) is 17.2 Å². The molecule has 33 heavy (non-hydrogen) atoms. The molecule has 0 saturated heterocycles. The SMILES string of the molecule is COc1ccc(-c2nc3ccc(Cl)cn3c2C2C(C#N)=C(N)NC(SCCO)=C2C#N)cc1. The molecule has 10 heteroatoms. The van der Waals surface area contributed by atoms with Crippen LogP contribution in [0.15, 0.2) is 64.6 Å². The summed E-state index contributed by atoms with van der Waals surface area (Å²) in [4.78, 5) is 4.80. The molecule has 1 aliphatic rings. The summed E-state index contributed by atoms with van der Waals surface area (Å²) in [5.41, 5.74) is 9.31. The zero-order valence-corrected chi connectivity index (χ0v) is 19.1. The van der Waals surface area contributed by atoms with Crippen molar-refractivity contribution in [1.29, 1.82) is 10.5 Å². The first kappa shape index (κ1) is 22.6. The number of methoxy groups -OCH3 is 1. The number of nitrogens with one attached hydrogen (secondary N) is 1. The van der Waals surface area contributed by atoms with Crippen LogP contribution in [0.2, 0.25) is 5.02 Å². The van der Waals surface area contributed by atoms with Gasteiger partial charge in [-0.15, -0.1) is 11.8 Å². The zero-order valence-electron chi connectivity index (χ0n) is 17.5. The number of imidazole rings is 1. The van der Waals surface area contributed by atoms with Crippen molar-refractivity contribution in [2.75, 3.05) is 19.5 Å². The van der Waals surface area contributed by atoms with Gasteiger partial charge in [0.05, 0.1) is 64.4 Å². The number of ether oxygens (including phenoxy) is 1. The summed E-state index contributed by atoms with van der Waals surface area (Å²) in [6.45, 7) is -0.0731. The van der Waals surface area contributed by atoms with Gasteiger partial charge in [-0.2, -0.15) is 10.5 Å². The quantitative estimate of drug-likeness (QED) is 0.490. The van der Waals surface area contributed by atoms with Crippen molar-refractivity contribution in [2.45, 2.75) is 5.92 Å². The second-order valence-electron chi connectivity index (χ2n) is 7.07. The minimum Gasteiger partial charge on any atom is -0.497 e. The first-order chi connectivity index (χ1) is 16.0. The van der Waals surface area contributed by atoms with E-state index in [0.717, 1.165) is 5.56 Å². The van der Waals surface area contributed by atoms with Crippen LogP contribution in [-0.2, 0) is 0 Å². The van der Waals surface area contributed by atoms with E-state index >= 15 is 0 Å². The van der Waals surface area contributed by atoms with E-state index in [2.05, 4.69) is 17.5 Å². The maximum Gasteiger partial charge on any atom is 0.137 e. The maximum atomic E-state index is 10.1. The molecule has 0 amide bonds. The molecule has 2 aromatic heterocycles. The maximum absolute atomic E-state index is 10.1. The van der Waals surface area contributed by atoms with Gasteiger partial charge < -0.3 is 25.3 Å². The van der Waals surface area contributed by atoms with Gasteiger partial charge in [-0.25, -0.2) is 4.98 Å². The predicted octanol–water partition coefficient (Wildman–Crippen LogP) is 3.50. The van der Waals surface area contributed by atoms with Crippen LogP contribution in [0.3, 0.4) is 0 Å². The number of hydrogen-bond acceptors (Lipinski definition) is 8. The highest BCUT2D eigenvalue weighted by atomic mass is 35.5. The van der Waals surface area contributed by atoms with Gasteiger partial charge in [-0.3, -0.25) is 0 Å². The Kier molecular flexibility index (Phi) is 6.47. The Balaban J connectivity index is 2.04. The molecule has 0 saturated carbocycles. The van der Waals surface area contributed by atoms with Crippen LogP contribution in [0.1, 0.15) is 11.6 Å².